The first-order valence-electron chi connectivity index (χ1n) is 6.54. The molecule has 0 radical (unpaired) electrons. The Morgan fingerprint density at radius 2 is 1.95 bits per heavy atom. The van der Waals surface area contributed by atoms with Crippen molar-refractivity contribution in [2.45, 2.75) is 29.1 Å². The minimum absolute atomic E-state index is 0.0131. The first kappa shape index (κ1) is 13.1. The van der Waals surface area contributed by atoms with Crippen LogP contribution < -0.4 is 5.32 Å². The van der Waals surface area contributed by atoms with Crippen LogP contribution in [0.25, 0.3) is 0 Å². The Morgan fingerprint density at radius 3 is 2.75 bits per heavy atom. The van der Waals surface area contributed by atoms with Gasteiger partial charge in [-0.2, -0.15) is 0 Å². The van der Waals surface area contributed by atoms with Crippen LogP contribution in [-0.2, 0) is 4.79 Å². The molecule has 0 saturated carbocycles. The van der Waals surface area contributed by atoms with Crippen molar-refractivity contribution >= 4 is 29.1 Å². The van der Waals surface area contributed by atoms with E-state index in [4.69, 9.17) is 5.11 Å². The van der Waals surface area contributed by atoms with E-state index >= 15 is 0 Å². The van der Waals surface area contributed by atoms with Crippen LogP contribution in [0.3, 0.4) is 0 Å². The molecule has 0 aromatic heterocycles. The monoisotopic (exact) mass is 285 g/mol. The number of anilines is 2. The third kappa shape index (κ3) is 2.39. The molecular weight excluding hydrogens is 270 g/mol. The van der Waals surface area contributed by atoms with Crippen molar-refractivity contribution in [3.8, 4) is 0 Å². The Hall–Kier alpha value is -1.94. The van der Waals surface area contributed by atoms with Gasteiger partial charge >= 0.3 is 5.97 Å². The van der Waals surface area contributed by atoms with E-state index in [2.05, 4.69) is 17.4 Å². The lowest BCUT2D eigenvalue weighted by Gasteiger charge is -2.25. The van der Waals surface area contributed by atoms with Crippen LogP contribution in [-0.4, -0.2) is 11.1 Å². The highest BCUT2D eigenvalue weighted by Gasteiger charge is 2.21. The molecule has 102 valence electrons. The topological polar surface area (TPSA) is 49.3 Å². The summed E-state index contributed by atoms with van der Waals surface area (Å²) in [5, 5.41) is 12.4. The lowest BCUT2D eigenvalue weighted by molar-refractivity contribution is -0.137. The van der Waals surface area contributed by atoms with Gasteiger partial charge in [0.1, 0.15) is 0 Å². The highest BCUT2D eigenvalue weighted by Crippen LogP contribution is 2.46. The molecule has 0 saturated heterocycles. The third-order valence-electron chi connectivity index (χ3n) is 3.44. The molecule has 1 aliphatic rings. The Morgan fingerprint density at radius 1 is 1.20 bits per heavy atom. The van der Waals surface area contributed by atoms with E-state index in [-0.39, 0.29) is 12.3 Å². The number of rotatable bonds is 3. The Balaban J connectivity index is 1.99. The van der Waals surface area contributed by atoms with Crippen molar-refractivity contribution in [2.24, 2.45) is 0 Å². The lowest BCUT2D eigenvalue weighted by atomic mass is 9.96. The van der Waals surface area contributed by atoms with Gasteiger partial charge in [-0.05, 0) is 29.7 Å². The van der Waals surface area contributed by atoms with Crippen molar-refractivity contribution in [1.82, 2.24) is 0 Å². The first-order valence-corrected chi connectivity index (χ1v) is 7.35. The van der Waals surface area contributed by atoms with Crippen LogP contribution in [0.4, 0.5) is 11.4 Å². The Labute approximate surface area is 122 Å². The fourth-order valence-electron chi connectivity index (χ4n) is 2.46. The zero-order chi connectivity index (χ0) is 14.1. The predicted molar refractivity (Wildman–Crippen MR) is 81.0 cm³/mol. The fourth-order valence-corrected chi connectivity index (χ4v) is 3.49. The van der Waals surface area contributed by atoms with E-state index in [1.165, 1.54) is 4.90 Å². The smallest absolute Gasteiger partial charge is 0.303 e. The average molecular weight is 285 g/mol. The van der Waals surface area contributed by atoms with Crippen LogP contribution in [0.2, 0.25) is 0 Å². The molecule has 2 aromatic carbocycles. The highest BCUT2D eigenvalue weighted by molar-refractivity contribution is 7.99. The van der Waals surface area contributed by atoms with Gasteiger partial charge < -0.3 is 10.4 Å². The van der Waals surface area contributed by atoms with Crippen molar-refractivity contribution in [3.05, 3.63) is 48.0 Å². The number of carboxylic acid groups (broad SMARTS) is 1. The molecule has 20 heavy (non-hydrogen) atoms. The maximum absolute atomic E-state index is 10.9. The molecule has 3 rings (SSSR count). The normalized spacial score (nSPS) is 13.8. The molecule has 2 aromatic rings. The average Bonchev–Trinajstić information content (AvgIpc) is 2.43. The maximum atomic E-state index is 10.9. The van der Waals surface area contributed by atoms with E-state index in [1.54, 1.807) is 11.8 Å². The predicted octanol–water partition coefficient (Wildman–Crippen LogP) is 4.47. The quantitative estimate of drug-likeness (QED) is 0.745. The number of fused-ring (bicyclic) bond motifs is 2. The number of carbonyl (C=O) groups is 1. The summed E-state index contributed by atoms with van der Waals surface area (Å²) in [5.41, 5.74) is 3.19. The van der Waals surface area contributed by atoms with Crippen LogP contribution in [0.5, 0.6) is 0 Å². The molecule has 0 spiro atoms. The number of nitrogens with one attached hydrogen (secondary N) is 1. The molecular formula is C16H15NO2S. The molecule has 4 heteroatoms. The van der Waals surface area contributed by atoms with E-state index in [1.807, 2.05) is 37.3 Å². The Kier molecular flexibility index (Phi) is 3.40. The van der Waals surface area contributed by atoms with Crippen molar-refractivity contribution in [1.29, 1.82) is 0 Å². The summed E-state index contributed by atoms with van der Waals surface area (Å²) >= 11 is 1.72. The number of benzene rings is 2. The van der Waals surface area contributed by atoms with Crippen molar-refractivity contribution in [3.63, 3.8) is 0 Å². The van der Waals surface area contributed by atoms with Crippen LogP contribution in [0.1, 0.15) is 24.8 Å². The SMILES string of the molecule is CC(CC(=O)O)c1cccc2c1Nc1ccccc1S2. The highest BCUT2D eigenvalue weighted by atomic mass is 32.2. The number of para-hydroxylation sites is 2. The molecule has 1 heterocycles. The molecule has 0 amide bonds. The molecule has 3 nitrogen and oxygen atoms in total. The van der Waals surface area contributed by atoms with E-state index in [0.717, 1.165) is 21.8 Å². The second-order valence-electron chi connectivity index (χ2n) is 4.94. The van der Waals surface area contributed by atoms with Gasteiger partial charge in [-0.15, -0.1) is 0 Å². The zero-order valence-electron chi connectivity index (χ0n) is 11.1. The molecule has 1 aliphatic heterocycles. The minimum Gasteiger partial charge on any atom is -0.481 e. The van der Waals surface area contributed by atoms with Gasteiger partial charge in [-0.1, -0.05) is 43.0 Å². The zero-order valence-corrected chi connectivity index (χ0v) is 11.9. The Bertz CT molecular complexity index is 669. The summed E-state index contributed by atoms with van der Waals surface area (Å²) in [5.74, 6) is -0.778. The van der Waals surface area contributed by atoms with E-state index in [0.29, 0.717) is 0 Å². The number of aliphatic carboxylic acids is 1. The summed E-state index contributed by atoms with van der Waals surface area (Å²) in [6, 6.07) is 14.2. The lowest BCUT2D eigenvalue weighted by Crippen LogP contribution is -2.08. The van der Waals surface area contributed by atoms with Gasteiger partial charge in [-0.25, -0.2) is 0 Å². The maximum Gasteiger partial charge on any atom is 0.303 e. The van der Waals surface area contributed by atoms with Gasteiger partial charge in [0.05, 0.1) is 17.8 Å². The molecule has 0 aliphatic carbocycles. The number of hydrogen-bond donors (Lipinski definition) is 2. The molecule has 0 fully saturated rings. The van der Waals surface area contributed by atoms with Gasteiger partial charge in [0.25, 0.3) is 0 Å². The number of carboxylic acids is 1. The van der Waals surface area contributed by atoms with Gasteiger partial charge in [0.15, 0.2) is 0 Å². The standard InChI is InChI=1S/C16H15NO2S/c1-10(9-15(18)19)11-5-4-8-14-16(11)17-12-6-2-3-7-13(12)20-14/h2-8,10,17H,9H2,1H3,(H,18,19). The molecule has 2 N–H and O–H groups in total. The molecule has 1 atom stereocenters. The van der Waals surface area contributed by atoms with Crippen molar-refractivity contribution in [2.75, 3.05) is 5.32 Å². The number of hydrogen-bond acceptors (Lipinski definition) is 3. The first-order chi connectivity index (χ1) is 9.65. The minimum atomic E-state index is -0.765. The summed E-state index contributed by atoms with van der Waals surface area (Å²) in [4.78, 5) is 13.3. The second kappa shape index (κ2) is 5.21. The third-order valence-corrected chi connectivity index (χ3v) is 4.57. The van der Waals surface area contributed by atoms with Crippen molar-refractivity contribution < 1.29 is 9.90 Å². The summed E-state index contributed by atoms with van der Waals surface area (Å²) in [7, 11) is 0. The van der Waals surface area contributed by atoms with Crippen LogP contribution >= 0.6 is 11.8 Å². The van der Waals surface area contributed by atoms with Crippen LogP contribution in [0, 0.1) is 0 Å². The van der Waals surface area contributed by atoms with Crippen LogP contribution in [0.15, 0.2) is 52.3 Å². The van der Waals surface area contributed by atoms with E-state index < -0.39 is 5.97 Å². The second-order valence-corrected chi connectivity index (χ2v) is 6.03. The summed E-state index contributed by atoms with van der Waals surface area (Å²) in [6.45, 7) is 1.95. The molecule has 1 unspecified atom stereocenters. The summed E-state index contributed by atoms with van der Waals surface area (Å²) in [6.07, 6.45) is 0.143. The fraction of sp³-hybridized carbons (Fsp3) is 0.188. The van der Waals surface area contributed by atoms with Gasteiger partial charge in [0.2, 0.25) is 0 Å². The van der Waals surface area contributed by atoms with Gasteiger partial charge in [0, 0.05) is 9.79 Å². The van der Waals surface area contributed by atoms with E-state index in [9.17, 15) is 4.79 Å². The molecule has 0 bridgehead atoms. The largest absolute Gasteiger partial charge is 0.481 e. The summed E-state index contributed by atoms with van der Waals surface area (Å²) < 4.78 is 0. The van der Waals surface area contributed by atoms with Gasteiger partial charge in [-0.3, -0.25) is 4.79 Å².